The van der Waals surface area contributed by atoms with Crippen LogP contribution in [-0.2, 0) is 0 Å². The van der Waals surface area contributed by atoms with E-state index in [1.54, 1.807) is 12.1 Å². The Kier molecular flexibility index (Phi) is 4.15. The molecule has 2 rings (SSSR count). The average Bonchev–Trinajstić information content (AvgIpc) is 2.40. The lowest BCUT2D eigenvalue weighted by atomic mass is 9.92. The molecular formula is C13H18N2O3. The first-order valence-electron chi connectivity index (χ1n) is 6.29. The molecule has 2 unspecified atom stereocenters. The van der Waals surface area contributed by atoms with E-state index < -0.39 is 4.92 Å². The molecule has 98 valence electrons. The van der Waals surface area contributed by atoms with Gasteiger partial charge in [0.05, 0.1) is 4.92 Å². The first-order valence-corrected chi connectivity index (χ1v) is 6.29. The summed E-state index contributed by atoms with van der Waals surface area (Å²) in [5.74, 6) is 0.702. The molecule has 0 bridgehead atoms. The minimum Gasteiger partial charge on any atom is -0.489 e. The van der Waals surface area contributed by atoms with E-state index in [0.29, 0.717) is 11.8 Å². The first kappa shape index (κ1) is 12.8. The van der Waals surface area contributed by atoms with Gasteiger partial charge in [-0.25, -0.2) is 0 Å². The van der Waals surface area contributed by atoms with Crippen LogP contribution in [0.3, 0.4) is 0 Å². The molecule has 2 atom stereocenters. The summed E-state index contributed by atoms with van der Waals surface area (Å²) in [7, 11) is 1.95. The van der Waals surface area contributed by atoms with Gasteiger partial charge >= 0.3 is 0 Å². The number of rotatable bonds is 4. The van der Waals surface area contributed by atoms with Crippen molar-refractivity contribution in [2.45, 2.75) is 37.8 Å². The summed E-state index contributed by atoms with van der Waals surface area (Å²) in [5, 5.41) is 13.8. The zero-order valence-corrected chi connectivity index (χ0v) is 10.5. The minimum atomic E-state index is -0.402. The third-order valence-electron chi connectivity index (χ3n) is 3.41. The summed E-state index contributed by atoms with van der Waals surface area (Å²) in [6.07, 6.45) is 4.71. The number of nitrogens with zero attached hydrogens (tertiary/aromatic N) is 1. The van der Waals surface area contributed by atoms with Crippen LogP contribution in [0.25, 0.3) is 0 Å². The maximum Gasteiger partial charge on any atom is 0.269 e. The monoisotopic (exact) mass is 250 g/mol. The number of nitro groups is 1. The predicted octanol–water partition coefficient (Wildman–Crippen LogP) is 2.50. The molecule has 5 heteroatoms. The fraction of sp³-hybridized carbons (Fsp3) is 0.538. The molecule has 0 aliphatic heterocycles. The molecule has 5 nitrogen and oxygen atoms in total. The van der Waals surface area contributed by atoms with Gasteiger partial charge in [-0.05, 0) is 38.4 Å². The Balaban J connectivity index is 2.01. The van der Waals surface area contributed by atoms with E-state index in [2.05, 4.69) is 5.32 Å². The van der Waals surface area contributed by atoms with Crippen molar-refractivity contribution in [3.63, 3.8) is 0 Å². The van der Waals surface area contributed by atoms with Crippen molar-refractivity contribution in [1.82, 2.24) is 5.32 Å². The smallest absolute Gasteiger partial charge is 0.269 e. The fourth-order valence-electron chi connectivity index (χ4n) is 2.39. The van der Waals surface area contributed by atoms with Crippen LogP contribution in [0.2, 0.25) is 0 Å². The largest absolute Gasteiger partial charge is 0.489 e. The predicted molar refractivity (Wildman–Crippen MR) is 68.8 cm³/mol. The van der Waals surface area contributed by atoms with Gasteiger partial charge in [-0.2, -0.15) is 0 Å². The zero-order valence-electron chi connectivity index (χ0n) is 10.5. The van der Waals surface area contributed by atoms with Crippen molar-refractivity contribution < 1.29 is 9.66 Å². The number of hydrogen-bond acceptors (Lipinski definition) is 4. The molecule has 0 spiro atoms. The topological polar surface area (TPSA) is 64.4 Å². The third-order valence-corrected chi connectivity index (χ3v) is 3.41. The molecular weight excluding hydrogens is 232 g/mol. The number of ether oxygens (including phenoxy) is 1. The normalized spacial score (nSPS) is 23.6. The van der Waals surface area contributed by atoms with Crippen LogP contribution in [0.4, 0.5) is 5.69 Å². The van der Waals surface area contributed by atoms with Gasteiger partial charge in [-0.15, -0.1) is 0 Å². The van der Waals surface area contributed by atoms with Crippen LogP contribution in [0, 0.1) is 10.1 Å². The van der Waals surface area contributed by atoms with E-state index in [4.69, 9.17) is 4.74 Å². The molecule has 0 amide bonds. The van der Waals surface area contributed by atoms with Crippen LogP contribution in [0.15, 0.2) is 24.3 Å². The van der Waals surface area contributed by atoms with E-state index in [-0.39, 0.29) is 11.8 Å². The summed E-state index contributed by atoms with van der Waals surface area (Å²) < 4.78 is 5.91. The van der Waals surface area contributed by atoms with Crippen molar-refractivity contribution in [3.8, 4) is 5.75 Å². The highest BCUT2D eigenvalue weighted by atomic mass is 16.6. The molecule has 0 heterocycles. The third kappa shape index (κ3) is 2.98. The Bertz CT molecular complexity index is 405. The Labute approximate surface area is 106 Å². The van der Waals surface area contributed by atoms with Crippen LogP contribution in [-0.4, -0.2) is 24.1 Å². The lowest BCUT2D eigenvalue weighted by Gasteiger charge is -2.31. The van der Waals surface area contributed by atoms with Crippen LogP contribution >= 0.6 is 0 Å². The highest BCUT2D eigenvalue weighted by Gasteiger charge is 2.25. The van der Waals surface area contributed by atoms with Gasteiger partial charge in [-0.3, -0.25) is 10.1 Å². The van der Waals surface area contributed by atoms with Gasteiger partial charge in [-0.1, -0.05) is 6.42 Å². The van der Waals surface area contributed by atoms with Crippen molar-refractivity contribution in [3.05, 3.63) is 34.4 Å². The number of non-ortho nitro benzene ring substituents is 1. The lowest BCUT2D eigenvalue weighted by molar-refractivity contribution is -0.384. The van der Waals surface area contributed by atoms with Gasteiger partial charge in [0.1, 0.15) is 11.9 Å². The SMILES string of the molecule is CNC1CCCCC1Oc1ccc([N+](=O)[O-])cc1. The van der Waals surface area contributed by atoms with E-state index in [0.717, 1.165) is 12.8 Å². The molecule has 1 aliphatic rings. The Morgan fingerprint density at radius 1 is 1.28 bits per heavy atom. The number of likely N-dealkylation sites (N-methyl/N-ethyl adjacent to an activating group) is 1. The molecule has 1 aliphatic carbocycles. The second kappa shape index (κ2) is 5.82. The maximum absolute atomic E-state index is 10.6. The second-order valence-electron chi connectivity index (χ2n) is 4.59. The summed E-state index contributed by atoms with van der Waals surface area (Å²) in [6, 6.07) is 6.66. The number of hydrogen-bond donors (Lipinski definition) is 1. The number of nitrogens with one attached hydrogen (secondary N) is 1. The van der Waals surface area contributed by atoms with Crippen molar-refractivity contribution in [1.29, 1.82) is 0 Å². The molecule has 1 fully saturated rings. The van der Waals surface area contributed by atoms with Gasteiger partial charge < -0.3 is 10.1 Å². The quantitative estimate of drug-likeness (QED) is 0.658. The number of nitro benzene ring substituents is 1. The molecule has 0 radical (unpaired) electrons. The molecule has 0 aromatic heterocycles. The minimum absolute atomic E-state index is 0.0937. The fourth-order valence-corrected chi connectivity index (χ4v) is 2.39. The Morgan fingerprint density at radius 3 is 2.56 bits per heavy atom. The molecule has 1 N–H and O–H groups in total. The van der Waals surface area contributed by atoms with Crippen LogP contribution in [0.1, 0.15) is 25.7 Å². The maximum atomic E-state index is 10.6. The van der Waals surface area contributed by atoms with Crippen LogP contribution in [0.5, 0.6) is 5.75 Å². The molecule has 0 saturated heterocycles. The Hall–Kier alpha value is -1.62. The zero-order chi connectivity index (χ0) is 13.0. The highest BCUT2D eigenvalue weighted by Crippen LogP contribution is 2.25. The van der Waals surface area contributed by atoms with E-state index >= 15 is 0 Å². The van der Waals surface area contributed by atoms with E-state index in [1.165, 1.54) is 25.0 Å². The summed E-state index contributed by atoms with van der Waals surface area (Å²) in [6.45, 7) is 0. The van der Waals surface area contributed by atoms with Crippen molar-refractivity contribution in [2.24, 2.45) is 0 Å². The summed E-state index contributed by atoms with van der Waals surface area (Å²) >= 11 is 0. The molecule has 1 aromatic rings. The van der Waals surface area contributed by atoms with E-state index in [1.807, 2.05) is 7.05 Å². The summed E-state index contributed by atoms with van der Waals surface area (Å²) in [5.41, 5.74) is 0.0937. The van der Waals surface area contributed by atoms with Gasteiger partial charge in [0.25, 0.3) is 5.69 Å². The molecule has 18 heavy (non-hydrogen) atoms. The Morgan fingerprint density at radius 2 is 1.94 bits per heavy atom. The molecule has 1 aromatic carbocycles. The van der Waals surface area contributed by atoms with Gasteiger partial charge in [0, 0.05) is 18.2 Å². The summed E-state index contributed by atoms with van der Waals surface area (Å²) in [4.78, 5) is 10.2. The average molecular weight is 250 g/mol. The lowest BCUT2D eigenvalue weighted by Crippen LogP contribution is -2.43. The van der Waals surface area contributed by atoms with Gasteiger partial charge in [0.15, 0.2) is 0 Å². The van der Waals surface area contributed by atoms with Crippen molar-refractivity contribution in [2.75, 3.05) is 7.05 Å². The standard InChI is InChI=1S/C13H18N2O3/c1-14-12-4-2-3-5-13(12)18-11-8-6-10(7-9-11)15(16)17/h6-9,12-14H,2-5H2,1H3. The second-order valence-corrected chi connectivity index (χ2v) is 4.59. The van der Waals surface area contributed by atoms with Gasteiger partial charge in [0.2, 0.25) is 0 Å². The first-order chi connectivity index (χ1) is 8.70. The van der Waals surface area contributed by atoms with Crippen LogP contribution < -0.4 is 10.1 Å². The molecule has 1 saturated carbocycles. The van der Waals surface area contributed by atoms with E-state index in [9.17, 15) is 10.1 Å². The number of benzene rings is 1. The van der Waals surface area contributed by atoms with Crippen molar-refractivity contribution >= 4 is 5.69 Å². The highest BCUT2D eigenvalue weighted by molar-refractivity contribution is 5.36.